The molecule has 1 aromatic carbocycles. The molecule has 3 aromatic rings. The van der Waals surface area contributed by atoms with E-state index in [1.807, 2.05) is 0 Å². The highest BCUT2D eigenvalue weighted by Crippen LogP contribution is 2.27. The third kappa shape index (κ3) is 3.83. The topological polar surface area (TPSA) is 83.8 Å². The second-order valence-electron chi connectivity index (χ2n) is 5.80. The summed E-state index contributed by atoms with van der Waals surface area (Å²) in [6.45, 7) is 4.25. The second-order valence-corrected chi connectivity index (χ2v) is 8.14. The molecule has 2 aromatic heterocycles. The number of nitrogens with one attached hydrogen (secondary N) is 1. The van der Waals surface area contributed by atoms with Crippen LogP contribution in [-0.2, 0) is 10.0 Å². The van der Waals surface area contributed by atoms with Gasteiger partial charge in [0.15, 0.2) is 0 Å². The molecule has 0 aliphatic heterocycles. The minimum absolute atomic E-state index is 0.0796. The first kappa shape index (κ1) is 19.3. The number of imidazole rings is 1. The highest BCUT2D eigenvalue weighted by Gasteiger charge is 2.23. The smallest absolute Gasteiger partial charge is 0.257 e. The van der Waals surface area contributed by atoms with Crippen molar-refractivity contribution < 1.29 is 13.2 Å². The van der Waals surface area contributed by atoms with Gasteiger partial charge in [-0.25, -0.2) is 13.4 Å². The van der Waals surface area contributed by atoms with Crippen molar-refractivity contribution in [3.63, 3.8) is 0 Å². The van der Waals surface area contributed by atoms with Gasteiger partial charge in [0.05, 0.1) is 21.2 Å². The van der Waals surface area contributed by atoms with E-state index in [-0.39, 0.29) is 15.6 Å². The number of hydrogen-bond acceptors (Lipinski definition) is 4. The van der Waals surface area contributed by atoms with Gasteiger partial charge in [0.1, 0.15) is 5.65 Å². The molecule has 0 aliphatic rings. The maximum atomic E-state index is 12.7. The number of amides is 1. The minimum atomic E-state index is -3.65. The normalized spacial score (nSPS) is 11.9. The van der Waals surface area contributed by atoms with Crippen LogP contribution in [0.15, 0.2) is 53.8 Å². The number of pyridine rings is 1. The maximum absolute atomic E-state index is 12.7. The summed E-state index contributed by atoms with van der Waals surface area (Å²) in [6, 6.07) is 7.64. The van der Waals surface area contributed by atoms with Crippen LogP contribution < -0.4 is 5.32 Å². The van der Waals surface area contributed by atoms with Gasteiger partial charge in [-0.15, -0.1) is 0 Å². The first-order chi connectivity index (χ1) is 12.9. The number of fused-ring (bicyclic) bond motifs is 1. The lowest BCUT2D eigenvalue weighted by Gasteiger charge is -2.19. The first-order valence-corrected chi connectivity index (χ1v) is 10.2. The van der Waals surface area contributed by atoms with Crippen molar-refractivity contribution in [1.82, 2.24) is 13.7 Å². The van der Waals surface area contributed by atoms with Gasteiger partial charge in [-0.05, 0) is 30.3 Å². The second kappa shape index (κ2) is 7.67. The highest BCUT2D eigenvalue weighted by molar-refractivity contribution is 7.89. The van der Waals surface area contributed by atoms with Crippen LogP contribution in [0.5, 0.6) is 0 Å². The molecule has 7 nitrogen and oxygen atoms in total. The summed E-state index contributed by atoms with van der Waals surface area (Å²) in [5.74, 6) is -0.398. The van der Waals surface area contributed by atoms with E-state index in [0.29, 0.717) is 18.7 Å². The van der Waals surface area contributed by atoms with Crippen LogP contribution in [0.25, 0.3) is 5.65 Å². The average Bonchev–Trinajstić information content (AvgIpc) is 3.11. The predicted molar refractivity (Wildman–Crippen MR) is 105 cm³/mol. The van der Waals surface area contributed by atoms with E-state index < -0.39 is 15.9 Å². The summed E-state index contributed by atoms with van der Waals surface area (Å²) in [4.78, 5) is 16.8. The van der Waals surface area contributed by atoms with E-state index in [9.17, 15) is 13.2 Å². The van der Waals surface area contributed by atoms with Crippen molar-refractivity contribution >= 4 is 38.9 Å². The van der Waals surface area contributed by atoms with Crippen LogP contribution in [0.2, 0.25) is 5.02 Å². The van der Waals surface area contributed by atoms with Gasteiger partial charge in [0.25, 0.3) is 5.91 Å². The number of carbonyl (C=O) groups is 1. The molecule has 0 radical (unpaired) electrons. The average molecular weight is 407 g/mol. The molecule has 9 heteroatoms. The molecule has 1 N–H and O–H groups in total. The Labute approximate surface area is 162 Å². The summed E-state index contributed by atoms with van der Waals surface area (Å²) < 4.78 is 28.4. The molecule has 2 heterocycles. The number of aromatic nitrogens is 2. The Morgan fingerprint density at radius 1 is 1.22 bits per heavy atom. The van der Waals surface area contributed by atoms with Crippen LogP contribution in [-0.4, -0.2) is 41.1 Å². The summed E-state index contributed by atoms with van der Waals surface area (Å²) in [5, 5.41) is 2.94. The molecule has 0 saturated heterocycles. The fourth-order valence-electron chi connectivity index (χ4n) is 2.72. The summed E-state index contributed by atoms with van der Waals surface area (Å²) >= 11 is 6.16. The van der Waals surface area contributed by atoms with Crippen LogP contribution in [0, 0.1) is 0 Å². The zero-order valence-electron chi connectivity index (χ0n) is 14.9. The quantitative estimate of drug-likeness (QED) is 0.680. The molecular formula is C18H19ClN4O3S. The van der Waals surface area contributed by atoms with Crippen LogP contribution in [0.1, 0.15) is 24.2 Å². The van der Waals surface area contributed by atoms with Gasteiger partial charge in [-0.3, -0.25) is 4.79 Å². The summed E-state index contributed by atoms with van der Waals surface area (Å²) in [5.41, 5.74) is 1.35. The van der Waals surface area contributed by atoms with Gasteiger partial charge in [0, 0.05) is 31.7 Å². The number of nitrogens with zero attached hydrogens (tertiary/aromatic N) is 3. The van der Waals surface area contributed by atoms with E-state index in [4.69, 9.17) is 11.6 Å². The Kier molecular flexibility index (Phi) is 5.50. The molecule has 0 atom stereocenters. The number of carbonyl (C=O) groups excluding carboxylic acids is 1. The van der Waals surface area contributed by atoms with Crippen molar-refractivity contribution in [2.24, 2.45) is 0 Å². The molecule has 27 heavy (non-hydrogen) atoms. The number of sulfonamides is 1. The summed E-state index contributed by atoms with van der Waals surface area (Å²) in [6.07, 6.45) is 5.01. The Morgan fingerprint density at radius 3 is 2.67 bits per heavy atom. The van der Waals surface area contributed by atoms with E-state index in [2.05, 4.69) is 10.3 Å². The van der Waals surface area contributed by atoms with Crippen molar-refractivity contribution in [2.75, 3.05) is 18.4 Å². The predicted octanol–water partition coefficient (Wildman–Crippen LogP) is 3.27. The minimum Gasteiger partial charge on any atom is -0.321 e. The Bertz CT molecular complexity index is 1090. The van der Waals surface area contributed by atoms with Gasteiger partial charge in [-0.2, -0.15) is 4.31 Å². The molecule has 3 rings (SSSR count). The van der Waals surface area contributed by atoms with Crippen molar-refractivity contribution in [3.05, 3.63) is 59.5 Å². The number of benzene rings is 1. The zero-order valence-corrected chi connectivity index (χ0v) is 16.5. The van der Waals surface area contributed by atoms with Crippen LogP contribution >= 0.6 is 11.6 Å². The first-order valence-electron chi connectivity index (χ1n) is 8.40. The monoisotopic (exact) mass is 406 g/mol. The SMILES string of the molecule is CCN(CC)S(=O)(=O)c1ccc(Cl)c(NC(=O)c2ccc3nccn3c2)c1. The fraction of sp³-hybridized carbons (Fsp3) is 0.222. The van der Waals surface area contributed by atoms with E-state index >= 15 is 0 Å². The van der Waals surface area contributed by atoms with Gasteiger partial charge >= 0.3 is 0 Å². The Balaban J connectivity index is 1.91. The van der Waals surface area contributed by atoms with E-state index in [1.54, 1.807) is 49.0 Å². The molecule has 0 bridgehead atoms. The lowest BCUT2D eigenvalue weighted by atomic mass is 10.2. The summed E-state index contributed by atoms with van der Waals surface area (Å²) in [7, 11) is -3.65. The fourth-order valence-corrected chi connectivity index (χ4v) is 4.37. The lowest BCUT2D eigenvalue weighted by molar-refractivity contribution is 0.102. The van der Waals surface area contributed by atoms with Crippen LogP contribution in [0.3, 0.4) is 0 Å². The van der Waals surface area contributed by atoms with Crippen molar-refractivity contribution in [2.45, 2.75) is 18.7 Å². The van der Waals surface area contributed by atoms with Gasteiger partial charge < -0.3 is 9.72 Å². The van der Waals surface area contributed by atoms with E-state index in [1.165, 1.54) is 22.5 Å². The number of hydrogen-bond donors (Lipinski definition) is 1. The van der Waals surface area contributed by atoms with E-state index in [0.717, 1.165) is 5.65 Å². The molecule has 0 saturated carbocycles. The highest BCUT2D eigenvalue weighted by atomic mass is 35.5. The number of rotatable bonds is 6. The standard InChI is InChI=1S/C18H19ClN4O3S/c1-3-23(4-2)27(25,26)14-6-7-15(19)16(11-14)21-18(24)13-5-8-17-20-9-10-22(17)12-13/h5-12H,3-4H2,1-2H3,(H,21,24). The Morgan fingerprint density at radius 2 is 1.96 bits per heavy atom. The molecule has 142 valence electrons. The molecule has 1 amide bonds. The zero-order chi connectivity index (χ0) is 19.6. The molecule has 0 aliphatic carbocycles. The third-order valence-corrected chi connectivity index (χ3v) is 6.56. The molecule has 0 unspecified atom stereocenters. The van der Waals surface area contributed by atoms with Crippen LogP contribution in [0.4, 0.5) is 5.69 Å². The largest absolute Gasteiger partial charge is 0.321 e. The third-order valence-electron chi connectivity index (χ3n) is 4.18. The molecular weight excluding hydrogens is 388 g/mol. The van der Waals surface area contributed by atoms with Crippen molar-refractivity contribution in [1.29, 1.82) is 0 Å². The van der Waals surface area contributed by atoms with Gasteiger partial charge in [-0.1, -0.05) is 25.4 Å². The molecule has 0 fully saturated rings. The molecule has 0 spiro atoms. The van der Waals surface area contributed by atoms with Crippen molar-refractivity contribution in [3.8, 4) is 0 Å². The van der Waals surface area contributed by atoms with Gasteiger partial charge in [0.2, 0.25) is 10.0 Å². The Hall–Kier alpha value is -2.42. The lowest BCUT2D eigenvalue weighted by Crippen LogP contribution is -2.30. The number of halogens is 1. The number of anilines is 1. The maximum Gasteiger partial charge on any atom is 0.257 e.